The van der Waals surface area contributed by atoms with E-state index in [1.54, 1.807) is 19.2 Å². The fourth-order valence-electron chi connectivity index (χ4n) is 4.81. The maximum Gasteiger partial charge on any atom is 0.413 e. The molecule has 19 heteroatoms. The Hall–Kier alpha value is -2.91. The number of hydrogen-bond donors (Lipinski definition) is 7. The number of fused-ring (bicyclic) bond motifs is 1. The highest BCUT2D eigenvalue weighted by Gasteiger charge is 2.60. The normalized spacial score (nSPS) is 20.3. The molecule has 2 aromatic rings. The highest BCUT2D eigenvalue weighted by molar-refractivity contribution is 7.72. The fourth-order valence-corrected chi connectivity index (χ4v) is 6.58. The summed E-state index contributed by atoms with van der Waals surface area (Å²) in [7, 11) is -11.8. The molecule has 0 radical (unpaired) electrons. The number of nitrogens with zero attached hydrogens (tertiary/aromatic N) is 2. The van der Waals surface area contributed by atoms with Gasteiger partial charge in [-0.25, -0.2) is 18.4 Å². The molecule has 1 aromatic carbocycles. The Morgan fingerprint density at radius 3 is 2.07 bits per heavy atom. The minimum absolute atomic E-state index is 0.0723. The lowest BCUT2D eigenvalue weighted by atomic mass is 10.0. The SMILES string of the molecule is C[C@@H]1CN(c2c(F)c(NC(=O)OC(C)(P(=O)(O)O)P(=O)(O)O)c3c(=O)c(C(=O)O)cn(C4CC4)c3c2F)C[C@H](C)N1. The first-order valence-electron chi connectivity index (χ1n) is 12.2. The topological polar surface area (TPSA) is 228 Å². The van der Waals surface area contributed by atoms with Gasteiger partial charge < -0.3 is 44.2 Å². The predicted molar refractivity (Wildman–Crippen MR) is 140 cm³/mol. The maximum atomic E-state index is 16.3. The van der Waals surface area contributed by atoms with Crippen LogP contribution in [0.1, 0.15) is 50.0 Å². The van der Waals surface area contributed by atoms with Gasteiger partial charge in [-0.1, -0.05) is 0 Å². The molecule has 2 heterocycles. The molecule has 41 heavy (non-hydrogen) atoms. The first-order chi connectivity index (χ1) is 18.8. The van der Waals surface area contributed by atoms with Gasteiger partial charge in [0.2, 0.25) is 5.43 Å². The van der Waals surface area contributed by atoms with Gasteiger partial charge in [-0.2, -0.15) is 0 Å². The van der Waals surface area contributed by atoms with Crippen LogP contribution in [0, 0.1) is 11.6 Å². The Balaban J connectivity index is 2.00. The summed E-state index contributed by atoms with van der Waals surface area (Å²) >= 11 is 0. The van der Waals surface area contributed by atoms with Gasteiger partial charge in [-0.15, -0.1) is 0 Å². The van der Waals surface area contributed by atoms with Crippen LogP contribution in [0.15, 0.2) is 11.0 Å². The number of rotatable bonds is 7. The smallest absolute Gasteiger partial charge is 0.413 e. The third kappa shape index (κ3) is 5.50. The van der Waals surface area contributed by atoms with Gasteiger partial charge >= 0.3 is 32.3 Å². The van der Waals surface area contributed by atoms with Crippen LogP contribution in [0.2, 0.25) is 0 Å². The second-order valence-corrected chi connectivity index (χ2v) is 14.5. The van der Waals surface area contributed by atoms with Crippen LogP contribution in [0.25, 0.3) is 10.9 Å². The number of piperazine rings is 1. The highest BCUT2D eigenvalue weighted by Crippen LogP contribution is 2.69. The molecule has 7 N–H and O–H groups in total. The molecule has 1 amide bonds. The minimum Gasteiger partial charge on any atom is -0.477 e. The summed E-state index contributed by atoms with van der Waals surface area (Å²) in [6.45, 7) is 3.90. The zero-order valence-electron chi connectivity index (χ0n) is 21.9. The maximum absolute atomic E-state index is 16.3. The number of halogens is 2. The highest BCUT2D eigenvalue weighted by atomic mass is 31.2. The molecule has 1 aliphatic heterocycles. The summed E-state index contributed by atoms with van der Waals surface area (Å²) in [6, 6.07) is -0.985. The van der Waals surface area contributed by atoms with Crippen molar-refractivity contribution in [2.75, 3.05) is 23.3 Å². The molecule has 0 bridgehead atoms. The van der Waals surface area contributed by atoms with Crippen molar-refractivity contribution in [1.82, 2.24) is 9.88 Å². The number of amides is 1. The van der Waals surface area contributed by atoms with Crippen LogP contribution in [0.3, 0.4) is 0 Å². The van der Waals surface area contributed by atoms with E-state index in [9.17, 15) is 48.2 Å². The van der Waals surface area contributed by atoms with Crippen molar-refractivity contribution in [2.45, 2.75) is 56.8 Å². The lowest BCUT2D eigenvalue weighted by Crippen LogP contribution is -2.54. The van der Waals surface area contributed by atoms with E-state index in [2.05, 4.69) is 10.1 Å². The summed E-state index contributed by atoms with van der Waals surface area (Å²) in [5.74, 6) is -4.48. The number of anilines is 2. The fraction of sp³-hybridized carbons (Fsp3) is 0.500. The van der Waals surface area contributed by atoms with Gasteiger partial charge in [-0.05, 0) is 33.6 Å². The van der Waals surface area contributed by atoms with E-state index in [0.717, 1.165) is 10.8 Å². The molecule has 15 nitrogen and oxygen atoms in total. The van der Waals surface area contributed by atoms with Gasteiger partial charge in [0.1, 0.15) is 11.3 Å². The number of carboxylic acids is 1. The zero-order chi connectivity index (χ0) is 30.8. The van der Waals surface area contributed by atoms with Crippen molar-refractivity contribution in [3.63, 3.8) is 0 Å². The summed E-state index contributed by atoms with van der Waals surface area (Å²) < 4.78 is 61.9. The molecule has 0 spiro atoms. The van der Waals surface area contributed by atoms with Gasteiger partial charge in [0, 0.05) is 37.4 Å². The Kier molecular flexibility index (Phi) is 7.89. The standard InChI is InChI=1S/C22H28F2N4O11P2/c1-9-6-27(7-10(2)25-9)18-14(23)16(26-21(32)39-22(3,40(33,34)35)41(36,37)38)13-17(15(18)24)28(11-4-5-11)8-12(19(13)29)20(30)31/h8-11,25H,4-7H2,1-3H3,(H,26,32)(H,30,31)(H2,33,34,35)(H2,36,37,38)/t9-,10+. The Bertz CT molecular complexity index is 1570. The second-order valence-electron chi connectivity index (χ2n) is 10.3. The van der Waals surface area contributed by atoms with Gasteiger partial charge in [0.05, 0.1) is 16.6 Å². The van der Waals surface area contributed by atoms with Crippen molar-refractivity contribution in [1.29, 1.82) is 0 Å². The molecule has 1 saturated heterocycles. The molecule has 226 valence electrons. The largest absolute Gasteiger partial charge is 0.477 e. The van der Waals surface area contributed by atoms with Crippen molar-refractivity contribution in [2.24, 2.45) is 0 Å². The average Bonchev–Trinajstić information content (AvgIpc) is 3.65. The molecular formula is C22H28F2N4O11P2. The third-order valence-corrected chi connectivity index (χ3v) is 10.9. The van der Waals surface area contributed by atoms with Crippen LogP contribution in [-0.2, 0) is 13.9 Å². The van der Waals surface area contributed by atoms with E-state index in [1.807, 2.05) is 0 Å². The Labute approximate surface area is 230 Å². The van der Waals surface area contributed by atoms with E-state index >= 15 is 8.78 Å². The molecule has 2 fully saturated rings. The van der Waals surface area contributed by atoms with E-state index < -0.39 is 83.3 Å². The Morgan fingerprint density at radius 2 is 1.61 bits per heavy atom. The molecule has 1 saturated carbocycles. The van der Waals surface area contributed by atoms with Gasteiger partial charge in [0.25, 0.3) is 0 Å². The first kappa shape index (κ1) is 31.0. The Morgan fingerprint density at radius 1 is 1.07 bits per heavy atom. The third-order valence-electron chi connectivity index (χ3n) is 6.97. The van der Waals surface area contributed by atoms with Crippen molar-refractivity contribution in [3.8, 4) is 0 Å². The average molecular weight is 624 g/mol. The molecule has 2 aliphatic rings. The molecule has 1 aromatic heterocycles. The second kappa shape index (κ2) is 10.4. The lowest BCUT2D eigenvalue weighted by molar-refractivity contribution is 0.0694. The number of aromatic carboxylic acids is 1. The molecule has 2 atom stereocenters. The monoisotopic (exact) mass is 624 g/mol. The van der Waals surface area contributed by atoms with E-state index in [4.69, 9.17) is 0 Å². The number of ether oxygens (including phenoxy) is 1. The zero-order valence-corrected chi connectivity index (χ0v) is 23.7. The van der Waals surface area contributed by atoms with Crippen LogP contribution >= 0.6 is 15.2 Å². The van der Waals surface area contributed by atoms with Crippen molar-refractivity contribution >= 4 is 49.5 Å². The van der Waals surface area contributed by atoms with Crippen LogP contribution in [0.5, 0.6) is 0 Å². The number of pyridine rings is 1. The van der Waals surface area contributed by atoms with E-state index in [0.29, 0.717) is 12.8 Å². The summed E-state index contributed by atoms with van der Waals surface area (Å²) in [5, 5.41) is 9.89. The molecule has 1 aliphatic carbocycles. The summed E-state index contributed by atoms with van der Waals surface area (Å²) in [5.41, 5.74) is -4.59. The van der Waals surface area contributed by atoms with Crippen LogP contribution < -0.4 is 21.0 Å². The number of carbonyl (C=O) groups excluding carboxylic acids is 1. The number of carboxylic acid groups (broad SMARTS) is 1. The molecule has 4 rings (SSSR count). The van der Waals surface area contributed by atoms with Crippen LogP contribution in [0.4, 0.5) is 25.0 Å². The number of hydrogen-bond acceptors (Lipinski definition) is 8. The van der Waals surface area contributed by atoms with Crippen molar-refractivity contribution < 1.29 is 56.9 Å². The van der Waals surface area contributed by atoms with Crippen molar-refractivity contribution in [3.05, 3.63) is 33.6 Å². The van der Waals surface area contributed by atoms with Gasteiger partial charge in [0.15, 0.2) is 11.6 Å². The van der Waals surface area contributed by atoms with Crippen LogP contribution in [-0.4, -0.2) is 71.6 Å². The number of nitrogens with one attached hydrogen (secondary N) is 2. The number of aromatic nitrogens is 1. The molecular weight excluding hydrogens is 596 g/mol. The predicted octanol–water partition coefficient (Wildman–Crippen LogP) is 2.08. The van der Waals surface area contributed by atoms with E-state index in [-0.39, 0.29) is 32.1 Å². The minimum atomic E-state index is -5.88. The lowest BCUT2D eigenvalue weighted by Gasteiger charge is -2.38. The van der Waals surface area contributed by atoms with Gasteiger partial charge in [-0.3, -0.25) is 19.2 Å². The number of carbonyl (C=O) groups is 2. The first-order valence-corrected chi connectivity index (χ1v) is 15.5. The molecule has 0 unspecified atom stereocenters. The number of benzene rings is 1. The summed E-state index contributed by atoms with van der Waals surface area (Å²) in [4.78, 5) is 77.3. The summed E-state index contributed by atoms with van der Waals surface area (Å²) in [6.07, 6.45) is -0.159. The quantitative estimate of drug-likeness (QED) is 0.219. The van der Waals surface area contributed by atoms with E-state index in [1.165, 1.54) is 4.90 Å².